The lowest BCUT2D eigenvalue weighted by Gasteiger charge is -1.98. The highest BCUT2D eigenvalue weighted by Crippen LogP contribution is 2.16. The van der Waals surface area contributed by atoms with E-state index in [1.165, 1.54) is 0 Å². The number of hydrogen-bond acceptors (Lipinski definition) is 4. The number of benzene rings is 1. The molecule has 3 nitrogen and oxygen atoms in total. The van der Waals surface area contributed by atoms with Gasteiger partial charge in [-0.3, -0.25) is 4.79 Å². The zero-order valence-corrected chi connectivity index (χ0v) is 6.97. The van der Waals surface area contributed by atoms with Crippen molar-refractivity contribution in [2.45, 2.75) is 0 Å². The maximum atomic E-state index is 11.1. The van der Waals surface area contributed by atoms with Crippen LogP contribution in [0, 0.1) is 10.7 Å². The van der Waals surface area contributed by atoms with Gasteiger partial charge >= 0.3 is 0 Å². The van der Waals surface area contributed by atoms with E-state index in [0.29, 0.717) is 23.0 Å². The van der Waals surface area contributed by atoms with Crippen molar-refractivity contribution in [1.29, 1.82) is 5.26 Å². The van der Waals surface area contributed by atoms with Crippen LogP contribution in [0.5, 0.6) is 0 Å². The van der Waals surface area contributed by atoms with Crippen LogP contribution in [0.15, 0.2) is 24.3 Å². The molecule has 4 heteroatoms. The Morgan fingerprint density at radius 1 is 1.50 bits per heavy atom. The molecule has 0 heterocycles. The number of nitrogens with zero attached hydrogens (tertiary/aromatic N) is 1. The fourth-order valence-corrected chi connectivity index (χ4v) is 1.16. The van der Waals surface area contributed by atoms with Gasteiger partial charge in [0.2, 0.25) is 5.12 Å². The van der Waals surface area contributed by atoms with Gasteiger partial charge in [-0.25, -0.2) is 0 Å². The number of anilines is 1. The minimum atomic E-state index is -0.310. The van der Waals surface area contributed by atoms with Crippen molar-refractivity contribution >= 4 is 22.6 Å². The van der Waals surface area contributed by atoms with E-state index in [0.717, 1.165) is 0 Å². The Bertz CT molecular complexity index is 343. The van der Waals surface area contributed by atoms with Crippen molar-refractivity contribution in [2.24, 2.45) is 0 Å². The van der Waals surface area contributed by atoms with E-state index < -0.39 is 0 Å². The Morgan fingerprint density at radius 3 is 2.75 bits per heavy atom. The van der Waals surface area contributed by atoms with E-state index in [2.05, 4.69) is 0 Å². The molecule has 1 aromatic rings. The summed E-state index contributed by atoms with van der Waals surface area (Å²) in [6.07, 6.45) is 0. The number of carbonyl (C=O) groups excluding carboxylic acids is 1. The first-order chi connectivity index (χ1) is 5.75. The number of carbonyl (C=O) groups is 1. The minimum Gasteiger partial charge on any atom is -0.398 e. The van der Waals surface area contributed by atoms with Crippen LogP contribution in [0.3, 0.4) is 0 Å². The lowest BCUT2D eigenvalue weighted by atomic mass is 10.2. The predicted octanol–water partition coefficient (Wildman–Crippen LogP) is 1.62. The molecule has 0 spiro atoms. The lowest BCUT2D eigenvalue weighted by Crippen LogP contribution is -1.98. The van der Waals surface area contributed by atoms with Crippen molar-refractivity contribution in [1.82, 2.24) is 0 Å². The average molecular weight is 178 g/mol. The average Bonchev–Trinajstić information content (AvgIpc) is 2.05. The van der Waals surface area contributed by atoms with Crippen molar-refractivity contribution in [3.63, 3.8) is 0 Å². The summed E-state index contributed by atoms with van der Waals surface area (Å²) < 4.78 is 0. The second-order valence-electron chi connectivity index (χ2n) is 2.07. The second-order valence-corrected chi connectivity index (χ2v) is 2.83. The van der Waals surface area contributed by atoms with Crippen molar-refractivity contribution < 1.29 is 4.79 Å². The first kappa shape index (κ1) is 8.62. The number of hydrogen-bond donors (Lipinski definition) is 1. The molecule has 0 radical (unpaired) electrons. The van der Waals surface area contributed by atoms with Crippen LogP contribution >= 0.6 is 11.8 Å². The SMILES string of the molecule is N#CSC(=O)c1ccccc1N. The molecular weight excluding hydrogens is 172 g/mol. The Labute approximate surface area is 74.2 Å². The largest absolute Gasteiger partial charge is 0.398 e. The summed E-state index contributed by atoms with van der Waals surface area (Å²) in [6.45, 7) is 0. The highest BCUT2D eigenvalue weighted by Gasteiger charge is 2.08. The zero-order chi connectivity index (χ0) is 8.97. The summed E-state index contributed by atoms with van der Waals surface area (Å²) in [5.74, 6) is 0. The molecule has 0 bridgehead atoms. The van der Waals surface area contributed by atoms with Crippen LogP contribution in [0.4, 0.5) is 5.69 Å². The number of thiocyanates is 1. The number of para-hydroxylation sites is 1. The number of rotatable bonds is 1. The van der Waals surface area contributed by atoms with Crippen LogP contribution in [0.1, 0.15) is 10.4 Å². The number of thioether (sulfide) groups is 1. The van der Waals surface area contributed by atoms with Gasteiger partial charge in [0.25, 0.3) is 0 Å². The number of nitriles is 1. The molecule has 0 saturated heterocycles. The summed E-state index contributed by atoms with van der Waals surface area (Å²) in [4.78, 5) is 11.1. The molecule has 60 valence electrons. The second kappa shape index (κ2) is 3.79. The zero-order valence-electron chi connectivity index (χ0n) is 6.15. The predicted molar refractivity (Wildman–Crippen MR) is 48.4 cm³/mol. The van der Waals surface area contributed by atoms with Crippen molar-refractivity contribution in [2.75, 3.05) is 5.73 Å². The number of nitrogens with two attached hydrogens (primary N) is 1. The molecule has 1 rings (SSSR count). The fraction of sp³-hybridized carbons (Fsp3) is 0. The summed E-state index contributed by atoms with van der Waals surface area (Å²) in [5.41, 5.74) is 6.31. The lowest BCUT2D eigenvalue weighted by molar-refractivity contribution is 0.109. The van der Waals surface area contributed by atoms with Gasteiger partial charge in [0.05, 0.1) is 5.56 Å². The summed E-state index contributed by atoms with van der Waals surface area (Å²) >= 11 is 0.585. The van der Waals surface area contributed by atoms with E-state index in [1.807, 2.05) is 0 Å². The monoisotopic (exact) mass is 178 g/mol. The third kappa shape index (κ3) is 1.77. The van der Waals surface area contributed by atoms with Crippen LogP contribution in [-0.2, 0) is 0 Å². The van der Waals surface area contributed by atoms with Gasteiger partial charge in [-0.1, -0.05) is 12.1 Å². The van der Waals surface area contributed by atoms with Crippen LogP contribution in [-0.4, -0.2) is 5.12 Å². The van der Waals surface area contributed by atoms with Gasteiger partial charge in [0.1, 0.15) is 5.40 Å². The third-order valence-electron chi connectivity index (χ3n) is 1.32. The van der Waals surface area contributed by atoms with Crippen LogP contribution in [0.2, 0.25) is 0 Å². The molecule has 12 heavy (non-hydrogen) atoms. The molecule has 0 aliphatic carbocycles. The van der Waals surface area contributed by atoms with Gasteiger partial charge in [-0.15, -0.1) is 0 Å². The number of nitrogen functional groups attached to an aromatic ring is 1. The molecule has 0 aromatic heterocycles. The topological polar surface area (TPSA) is 66.9 Å². The molecule has 0 amide bonds. The molecule has 0 unspecified atom stereocenters. The first-order valence-corrected chi connectivity index (χ1v) is 4.02. The Balaban J connectivity index is 2.97. The molecule has 0 aliphatic rings. The van der Waals surface area contributed by atoms with E-state index >= 15 is 0 Å². The van der Waals surface area contributed by atoms with Gasteiger partial charge in [-0.05, 0) is 12.1 Å². The Hall–Kier alpha value is -1.47. The minimum absolute atomic E-state index is 0.310. The quantitative estimate of drug-likeness (QED) is 0.524. The molecule has 0 aliphatic heterocycles. The third-order valence-corrected chi connectivity index (χ3v) is 1.82. The smallest absolute Gasteiger partial charge is 0.235 e. The van der Waals surface area contributed by atoms with E-state index in [-0.39, 0.29) is 5.12 Å². The molecule has 0 atom stereocenters. The Morgan fingerprint density at radius 2 is 2.17 bits per heavy atom. The van der Waals surface area contributed by atoms with Gasteiger partial charge < -0.3 is 5.73 Å². The fourth-order valence-electron chi connectivity index (χ4n) is 0.779. The molecule has 0 saturated carbocycles. The molecule has 0 fully saturated rings. The van der Waals surface area contributed by atoms with Crippen molar-refractivity contribution in [3.8, 4) is 5.40 Å². The van der Waals surface area contributed by atoms with Crippen LogP contribution < -0.4 is 5.73 Å². The van der Waals surface area contributed by atoms with E-state index in [4.69, 9.17) is 11.0 Å². The summed E-state index contributed by atoms with van der Waals surface area (Å²) in [5, 5.41) is 9.64. The molecule has 1 aromatic carbocycles. The molecular formula is C8H6N2OS. The first-order valence-electron chi connectivity index (χ1n) is 3.20. The highest BCUT2D eigenvalue weighted by atomic mass is 32.2. The highest BCUT2D eigenvalue weighted by molar-refractivity contribution is 8.18. The summed E-state index contributed by atoms with van der Waals surface area (Å²) in [7, 11) is 0. The van der Waals surface area contributed by atoms with Gasteiger partial charge in [0.15, 0.2) is 0 Å². The molecule has 2 N–H and O–H groups in total. The van der Waals surface area contributed by atoms with E-state index in [9.17, 15) is 4.79 Å². The van der Waals surface area contributed by atoms with Gasteiger partial charge in [-0.2, -0.15) is 5.26 Å². The standard InChI is InChI=1S/C8H6N2OS/c9-5-12-8(11)6-3-1-2-4-7(6)10/h1-4H,10H2. The maximum Gasteiger partial charge on any atom is 0.235 e. The Kier molecular flexibility index (Phi) is 2.72. The normalized spacial score (nSPS) is 8.92. The van der Waals surface area contributed by atoms with Crippen molar-refractivity contribution in [3.05, 3.63) is 29.8 Å². The van der Waals surface area contributed by atoms with E-state index in [1.54, 1.807) is 29.7 Å². The summed E-state index contributed by atoms with van der Waals surface area (Å²) in [6, 6.07) is 6.68. The van der Waals surface area contributed by atoms with Crippen LogP contribution in [0.25, 0.3) is 0 Å². The van der Waals surface area contributed by atoms with Gasteiger partial charge in [0, 0.05) is 17.4 Å². The maximum absolute atomic E-state index is 11.1.